The molecule has 0 amide bonds. The Morgan fingerprint density at radius 1 is 1.29 bits per heavy atom. The van der Waals surface area contributed by atoms with Gasteiger partial charge in [0.15, 0.2) is 5.82 Å². The molecule has 2 aromatic rings. The number of aromatic nitrogens is 2. The quantitative estimate of drug-likeness (QED) is 0.852. The predicted octanol–water partition coefficient (Wildman–Crippen LogP) is 1.95. The highest BCUT2D eigenvalue weighted by Crippen LogP contribution is 2.19. The first-order valence-electron chi connectivity index (χ1n) is 6.65. The molecule has 0 saturated heterocycles. The summed E-state index contributed by atoms with van der Waals surface area (Å²) in [6.45, 7) is 4.81. The lowest BCUT2D eigenvalue weighted by atomic mass is 10.1. The monoisotopic (exact) mass is 306 g/mol. The van der Waals surface area contributed by atoms with Crippen molar-refractivity contribution < 1.29 is 8.42 Å². The molecule has 0 fully saturated rings. The fourth-order valence-electron chi connectivity index (χ4n) is 1.92. The summed E-state index contributed by atoms with van der Waals surface area (Å²) in [5.41, 5.74) is 0.916. The summed E-state index contributed by atoms with van der Waals surface area (Å²) in [6, 6.07) is 6.93. The van der Waals surface area contributed by atoms with Gasteiger partial charge in [-0.05, 0) is 31.2 Å². The number of hydrogen-bond donors (Lipinski definition) is 2. The van der Waals surface area contributed by atoms with Crippen molar-refractivity contribution in [1.82, 2.24) is 15.3 Å². The third-order valence-corrected chi connectivity index (χ3v) is 4.33. The van der Waals surface area contributed by atoms with Crippen molar-refractivity contribution >= 4 is 15.8 Å². The maximum absolute atomic E-state index is 12.3. The van der Waals surface area contributed by atoms with Crippen LogP contribution in [0.25, 0.3) is 0 Å². The number of sulfonamides is 1. The van der Waals surface area contributed by atoms with Gasteiger partial charge in [0.1, 0.15) is 0 Å². The molecule has 2 N–H and O–H groups in total. The average molecular weight is 306 g/mol. The van der Waals surface area contributed by atoms with Crippen LogP contribution in [0.3, 0.4) is 0 Å². The van der Waals surface area contributed by atoms with E-state index < -0.39 is 10.0 Å². The van der Waals surface area contributed by atoms with Crippen LogP contribution in [0.2, 0.25) is 0 Å². The summed E-state index contributed by atoms with van der Waals surface area (Å²) < 4.78 is 27.1. The standard InChI is InChI=1S/C14H18N4O2S/c1-3-16-11(2)12-5-4-6-13(9-12)21(19,20)18-14-10-15-7-8-17-14/h4-11,16H,3H2,1-2H3,(H,17,18). The zero-order valence-electron chi connectivity index (χ0n) is 11.9. The van der Waals surface area contributed by atoms with Gasteiger partial charge in [0.05, 0.1) is 11.1 Å². The molecule has 0 aliphatic heterocycles. The molecule has 112 valence electrons. The van der Waals surface area contributed by atoms with Gasteiger partial charge in [-0.1, -0.05) is 19.1 Å². The number of nitrogens with one attached hydrogen (secondary N) is 2. The maximum Gasteiger partial charge on any atom is 0.263 e. The Labute approximate surface area is 124 Å². The summed E-state index contributed by atoms with van der Waals surface area (Å²) in [6.07, 6.45) is 4.28. The van der Waals surface area contributed by atoms with Crippen LogP contribution in [0.1, 0.15) is 25.5 Å². The first kappa shape index (κ1) is 15.4. The highest BCUT2D eigenvalue weighted by molar-refractivity contribution is 7.92. The molecule has 21 heavy (non-hydrogen) atoms. The fourth-order valence-corrected chi connectivity index (χ4v) is 2.97. The minimum atomic E-state index is -3.66. The maximum atomic E-state index is 12.3. The van der Waals surface area contributed by atoms with E-state index in [4.69, 9.17) is 0 Å². The molecule has 7 heteroatoms. The molecule has 0 spiro atoms. The third kappa shape index (κ3) is 3.99. The molecule has 1 aromatic carbocycles. The summed E-state index contributed by atoms with van der Waals surface area (Å²) in [5, 5.41) is 3.25. The van der Waals surface area contributed by atoms with E-state index in [9.17, 15) is 8.42 Å². The largest absolute Gasteiger partial charge is 0.310 e. The van der Waals surface area contributed by atoms with E-state index in [2.05, 4.69) is 20.0 Å². The van der Waals surface area contributed by atoms with E-state index in [1.54, 1.807) is 18.2 Å². The summed E-state index contributed by atoms with van der Waals surface area (Å²) in [4.78, 5) is 7.95. The lowest BCUT2D eigenvalue weighted by Gasteiger charge is -2.14. The van der Waals surface area contributed by atoms with Gasteiger partial charge in [-0.3, -0.25) is 9.71 Å². The van der Waals surface area contributed by atoms with Crippen molar-refractivity contribution in [3.05, 3.63) is 48.4 Å². The smallest absolute Gasteiger partial charge is 0.263 e. The Morgan fingerprint density at radius 3 is 2.76 bits per heavy atom. The van der Waals surface area contributed by atoms with Crippen molar-refractivity contribution in [2.45, 2.75) is 24.8 Å². The van der Waals surface area contributed by atoms with Crippen LogP contribution in [0.15, 0.2) is 47.8 Å². The molecule has 1 heterocycles. The molecule has 1 unspecified atom stereocenters. The Kier molecular flexibility index (Phi) is 4.87. The number of benzene rings is 1. The zero-order valence-corrected chi connectivity index (χ0v) is 12.8. The molecule has 0 saturated carbocycles. The molecule has 1 atom stereocenters. The van der Waals surface area contributed by atoms with Gasteiger partial charge < -0.3 is 5.32 Å². The minimum Gasteiger partial charge on any atom is -0.310 e. The predicted molar refractivity (Wildman–Crippen MR) is 81.4 cm³/mol. The van der Waals surface area contributed by atoms with Gasteiger partial charge in [0, 0.05) is 18.4 Å². The Hall–Kier alpha value is -1.99. The van der Waals surface area contributed by atoms with Gasteiger partial charge in [0.2, 0.25) is 0 Å². The molecule has 1 aromatic heterocycles. The molecule has 0 aliphatic rings. The molecule has 2 rings (SSSR count). The Bertz CT molecular complexity index is 689. The van der Waals surface area contributed by atoms with Crippen molar-refractivity contribution in [3.63, 3.8) is 0 Å². The van der Waals surface area contributed by atoms with Crippen LogP contribution < -0.4 is 10.0 Å². The van der Waals surface area contributed by atoms with E-state index in [0.29, 0.717) is 0 Å². The molecular weight excluding hydrogens is 288 g/mol. The number of rotatable bonds is 6. The summed E-state index contributed by atoms with van der Waals surface area (Å²) >= 11 is 0. The SMILES string of the molecule is CCNC(C)c1cccc(S(=O)(=O)Nc2cnccn2)c1. The van der Waals surface area contributed by atoms with Crippen LogP contribution in [-0.4, -0.2) is 24.9 Å². The topological polar surface area (TPSA) is 84.0 Å². The Morgan fingerprint density at radius 2 is 2.10 bits per heavy atom. The van der Waals surface area contributed by atoms with Crippen LogP contribution in [-0.2, 0) is 10.0 Å². The van der Waals surface area contributed by atoms with E-state index in [0.717, 1.165) is 12.1 Å². The van der Waals surface area contributed by atoms with Crippen molar-refractivity contribution in [2.75, 3.05) is 11.3 Å². The first-order valence-corrected chi connectivity index (χ1v) is 8.13. The average Bonchev–Trinajstić information content (AvgIpc) is 2.48. The highest BCUT2D eigenvalue weighted by atomic mass is 32.2. The van der Waals surface area contributed by atoms with Gasteiger partial charge in [-0.2, -0.15) is 0 Å². The number of hydrogen-bond acceptors (Lipinski definition) is 5. The van der Waals surface area contributed by atoms with Gasteiger partial charge in [0.25, 0.3) is 10.0 Å². The first-order chi connectivity index (χ1) is 10.0. The van der Waals surface area contributed by atoms with Gasteiger partial charge in [-0.25, -0.2) is 13.4 Å². The molecular formula is C14H18N4O2S. The fraction of sp³-hybridized carbons (Fsp3) is 0.286. The van der Waals surface area contributed by atoms with Crippen molar-refractivity contribution in [2.24, 2.45) is 0 Å². The minimum absolute atomic E-state index is 0.0849. The summed E-state index contributed by atoms with van der Waals surface area (Å²) in [7, 11) is -3.66. The number of nitrogens with zero attached hydrogens (tertiary/aromatic N) is 2. The second-order valence-electron chi connectivity index (χ2n) is 4.55. The Balaban J connectivity index is 2.26. The van der Waals surface area contributed by atoms with Crippen LogP contribution >= 0.6 is 0 Å². The molecule has 0 aliphatic carbocycles. The molecule has 0 radical (unpaired) electrons. The van der Waals surface area contributed by atoms with Gasteiger partial charge in [-0.15, -0.1) is 0 Å². The highest BCUT2D eigenvalue weighted by Gasteiger charge is 2.16. The lowest BCUT2D eigenvalue weighted by Crippen LogP contribution is -2.19. The van der Waals surface area contributed by atoms with Crippen LogP contribution in [0.5, 0.6) is 0 Å². The van der Waals surface area contributed by atoms with E-state index in [-0.39, 0.29) is 16.8 Å². The van der Waals surface area contributed by atoms with E-state index in [1.165, 1.54) is 18.6 Å². The van der Waals surface area contributed by atoms with Crippen molar-refractivity contribution in [3.8, 4) is 0 Å². The third-order valence-electron chi connectivity index (χ3n) is 2.98. The zero-order chi connectivity index (χ0) is 15.3. The van der Waals surface area contributed by atoms with Crippen molar-refractivity contribution in [1.29, 1.82) is 0 Å². The molecule has 0 bridgehead atoms. The van der Waals surface area contributed by atoms with Crippen LogP contribution in [0.4, 0.5) is 5.82 Å². The molecule has 6 nitrogen and oxygen atoms in total. The van der Waals surface area contributed by atoms with Crippen LogP contribution in [0, 0.1) is 0 Å². The second-order valence-corrected chi connectivity index (χ2v) is 6.23. The summed E-state index contributed by atoms with van der Waals surface area (Å²) in [5.74, 6) is 0.197. The number of anilines is 1. The van der Waals surface area contributed by atoms with Gasteiger partial charge >= 0.3 is 0 Å². The lowest BCUT2D eigenvalue weighted by molar-refractivity contribution is 0.592. The van der Waals surface area contributed by atoms with E-state index >= 15 is 0 Å². The normalized spacial score (nSPS) is 12.9. The van der Waals surface area contributed by atoms with E-state index in [1.807, 2.05) is 19.9 Å². The second kappa shape index (κ2) is 6.64.